The van der Waals surface area contributed by atoms with Crippen LogP contribution in [0.1, 0.15) is 21.5 Å². The van der Waals surface area contributed by atoms with Crippen molar-refractivity contribution in [2.45, 2.75) is 11.3 Å². The first kappa shape index (κ1) is 17.2. The van der Waals surface area contributed by atoms with Gasteiger partial charge in [0.05, 0.1) is 6.42 Å². The molecule has 0 heterocycles. The van der Waals surface area contributed by atoms with Crippen molar-refractivity contribution in [3.63, 3.8) is 0 Å². The molecule has 0 atom stereocenters. The number of carbonyl (C=O) groups is 2. The smallest absolute Gasteiger partial charge is 0.307 e. The fourth-order valence-electron chi connectivity index (χ4n) is 2.75. The molecule has 3 nitrogen and oxygen atoms in total. The molecule has 0 aliphatic rings. The molecule has 1 N–H and O–H groups in total. The molecule has 0 fully saturated rings. The second-order valence-electron chi connectivity index (χ2n) is 5.64. The average molecular weight is 354 g/mol. The van der Waals surface area contributed by atoms with Gasteiger partial charge in [-0.3, -0.25) is 9.59 Å². The number of rotatable bonds is 5. The van der Waals surface area contributed by atoms with Gasteiger partial charge >= 0.3 is 5.97 Å². The van der Waals surface area contributed by atoms with E-state index in [1.165, 1.54) is 12.1 Å². The number of halogens is 1. The minimum absolute atomic E-state index is 0.195. The summed E-state index contributed by atoms with van der Waals surface area (Å²) in [6, 6.07) is 14.5. The summed E-state index contributed by atoms with van der Waals surface area (Å²) in [5, 5.41) is 10.2. The number of fused-ring (bicyclic) bond motifs is 1. The van der Waals surface area contributed by atoms with Crippen molar-refractivity contribution in [3.8, 4) is 0 Å². The third-order valence-electron chi connectivity index (χ3n) is 3.93. The van der Waals surface area contributed by atoms with Gasteiger partial charge in [0.2, 0.25) is 0 Å². The Bertz CT molecular complexity index is 965. The molecule has 0 aliphatic carbocycles. The van der Waals surface area contributed by atoms with Crippen LogP contribution in [-0.2, 0) is 11.2 Å². The number of carbonyl (C=O) groups excluding carboxylic acids is 1. The lowest BCUT2D eigenvalue weighted by molar-refractivity contribution is -0.136. The minimum Gasteiger partial charge on any atom is -0.481 e. The van der Waals surface area contributed by atoms with E-state index in [1.807, 2.05) is 18.4 Å². The summed E-state index contributed by atoms with van der Waals surface area (Å²) in [6.07, 6.45) is 1.75. The number of carboxylic acid groups (broad SMARTS) is 1. The monoisotopic (exact) mass is 354 g/mol. The van der Waals surface area contributed by atoms with Gasteiger partial charge in [-0.1, -0.05) is 12.1 Å². The molecule has 5 heteroatoms. The van der Waals surface area contributed by atoms with Crippen molar-refractivity contribution < 1.29 is 19.1 Å². The van der Waals surface area contributed by atoms with Crippen LogP contribution in [0.5, 0.6) is 0 Å². The van der Waals surface area contributed by atoms with Gasteiger partial charge in [0.15, 0.2) is 5.78 Å². The maximum atomic E-state index is 13.7. The molecule has 25 heavy (non-hydrogen) atoms. The van der Waals surface area contributed by atoms with Crippen LogP contribution in [-0.4, -0.2) is 23.1 Å². The zero-order valence-corrected chi connectivity index (χ0v) is 14.3. The number of benzene rings is 3. The Morgan fingerprint density at radius 2 is 1.76 bits per heavy atom. The molecule has 0 unspecified atom stereocenters. The number of hydrogen-bond donors (Lipinski definition) is 1. The van der Waals surface area contributed by atoms with E-state index >= 15 is 0 Å². The highest BCUT2D eigenvalue weighted by molar-refractivity contribution is 7.98. The van der Waals surface area contributed by atoms with Crippen LogP contribution in [0.2, 0.25) is 0 Å². The van der Waals surface area contributed by atoms with E-state index in [9.17, 15) is 14.0 Å². The lowest BCUT2D eigenvalue weighted by Gasteiger charge is -2.10. The predicted molar refractivity (Wildman–Crippen MR) is 96.9 cm³/mol. The van der Waals surface area contributed by atoms with Crippen molar-refractivity contribution in [1.82, 2.24) is 0 Å². The van der Waals surface area contributed by atoms with Crippen molar-refractivity contribution in [2.24, 2.45) is 0 Å². The van der Waals surface area contributed by atoms with Crippen LogP contribution in [0.4, 0.5) is 4.39 Å². The van der Waals surface area contributed by atoms with Crippen molar-refractivity contribution in [3.05, 3.63) is 77.1 Å². The summed E-state index contributed by atoms with van der Waals surface area (Å²) in [5.74, 6) is -1.68. The third kappa shape index (κ3) is 3.72. The van der Waals surface area contributed by atoms with Crippen molar-refractivity contribution >= 4 is 34.3 Å². The summed E-state index contributed by atoms with van der Waals surface area (Å²) in [6.45, 7) is 0. The SMILES string of the molecule is CSc1ccc(C(=O)c2cc(CC(=O)O)cc3ccc(F)cc23)cc1. The number of hydrogen-bond acceptors (Lipinski definition) is 3. The zero-order chi connectivity index (χ0) is 18.0. The lowest BCUT2D eigenvalue weighted by Crippen LogP contribution is -2.06. The second kappa shape index (κ2) is 7.07. The van der Waals surface area contributed by atoms with Gasteiger partial charge in [-0.15, -0.1) is 11.8 Å². The van der Waals surface area contributed by atoms with Gasteiger partial charge in [0.25, 0.3) is 0 Å². The molecule has 0 saturated heterocycles. The Kier molecular flexibility index (Phi) is 4.86. The van der Waals surface area contributed by atoms with Crippen LogP contribution in [0, 0.1) is 5.82 Å². The molecular weight excluding hydrogens is 339 g/mol. The first-order chi connectivity index (χ1) is 12.0. The summed E-state index contributed by atoms with van der Waals surface area (Å²) in [7, 11) is 0. The van der Waals surface area contributed by atoms with Crippen LogP contribution in [0.15, 0.2) is 59.5 Å². The molecule has 0 spiro atoms. The molecule has 3 aromatic carbocycles. The predicted octanol–water partition coefficient (Wildman–Crippen LogP) is 4.56. The first-order valence-corrected chi connectivity index (χ1v) is 8.83. The van der Waals surface area contributed by atoms with E-state index in [-0.39, 0.29) is 12.2 Å². The molecule has 0 aliphatic heterocycles. The van der Waals surface area contributed by atoms with Crippen LogP contribution >= 0.6 is 11.8 Å². The number of aliphatic carboxylic acids is 1. The van der Waals surface area contributed by atoms with Crippen molar-refractivity contribution in [1.29, 1.82) is 0 Å². The Balaban J connectivity index is 2.15. The molecule has 0 aromatic heterocycles. The van der Waals surface area contributed by atoms with Gasteiger partial charge in [-0.2, -0.15) is 0 Å². The third-order valence-corrected chi connectivity index (χ3v) is 4.67. The molecule has 0 amide bonds. The number of ketones is 1. The zero-order valence-electron chi connectivity index (χ0n) is 13.5. The van der Waals surface area contributed by atoms with Gasteiger partial charge < -0.3 is 5.11 Å². The van der Waals surface area contributed by atoms with Gasteiger partial charge in [-0.25, -0.2) is 4.39 Å². The van der Waals surface area contributed by atoms with Crippen molar-refractivity contribution in [2.75, 3.05) is 6.26 Å². The summed E-state index contributed by atoms with van der Waals surface area (Å²) in [5.41, 5.74) is 1.30. The summed E-state index contributed by atoms with van der Waals surface area (Å²) < 4.78 is 13.7. The Morgan fingerprint density at radius 3 is 2.40 bits per heavy atom. The first-order valence-electron chi connectivity index (χ1n) is 7.60. The minimum atomic E-state index is -0.982. The molecule has 0 bridgehead atoms. The van der Waals surface area contributed by atoms with E-state index in [0.29, 0.717) is 27.5 Å². The molecule has 0 saturated carbocycles. The van der Waals surface area contributed by atoms with E-state index in [2.05, 4.69) is 0 Å². The molecular formula is C20H15FO3S. The van der Waals surface area contributed by atoms with Crippen LogP contribution < -0.4 is 0 Å². The Labute approximate surface area is 148 Å². The highest BCUT2D eigenvalue weighted by atomic mass is 32.2. The van der Waals surface area contributed by atoms with Crippen LogP contribution in [0.25, 0.3) is 10.8 Å². The summed E-state index contributed by atoms with van der Waals surface area (Å²) in [4.78, 5) is 25.0. The molecule has 126 valence electrons. The van der Waals surface area contributed by atoms with E-state index < -0.39 is 11.8 Å². The fourth-order valence-corrected chi connectivity index (χ4v) is 3.16. The Morgan fingerprint density at radius 1 is 1.04 bits per heavy atom. The lowest BCUT2D eigenvalue weighted by atomic mass is 9.94. The van der Waals surface area contributed by atoms with E-state index in [0.717, 1.165) is 4.90 Å². The maximum absolute atomic E-state index is 13.7. The summed E-state index contributed by atoms with van der Waals surface area (Å²) >= 11 is 1.57. The molecule has 3 rings (SSSR count). The van der Waals surface area contributed by atoms with E-state index in [1.54, 1.807) is 42.1 Å². The van der Waals surface area contributed by atoms with Gasteiger partial charge in [-0.05, 0) is 65.1 Å². The second-order valence-corrected chi connectivity index (χ2v) is 6.52. The number of carboxylic acids is 1. The van der Waals surface area contributed by atoms with Gasteiger partial charge in [0, 0.05) is 16.0 Å². The molecule has 3 aromatic rings. The largest absolute Gasteiger partial charge is 0.481 e. The fraction of sp³-hybridized carbons (Fsp3) is 0.100. The highest BCUT2D eigenvalue weighted by Gasteiger charge is 2.16. The Hall–Kier alpha value is -2.66. The number of thioether (sulfide) groups is 1. The van der Waals surface area contributed by atoms with Crippen LogP contribution in [0.3, 0.4) is 0 Å². The maximum Gasteiger partial charge on any atom is 0.307 e. The highest BCUT2D eigenvalue weighted by Crippen LogP contribution is 2.26. The molecule has 0 radical (unpaired) electrons. The normalized spacial score (nSPS) is 10.8. The van der Waals surface area contributed by atoms with Gasteiger partial charge in [0.1, 0.15) is 5.82 Å². The van der Waals surface area contributed by atoms with E-state index in [4.69, 9.17) is 5.11 Å². The topological polar surface area (TPSA) is 54.4 Å². The average Bonchev–Trinajstić information content (AvgIpc) is 2.60. The standard InChI is InChI=1S/C20H15FO3S/c1-25-16-6-3-13(4-7-16)20(24)18-9-12(10-19(22)23)8-14-2-5-15(21)11-17(14)18/h2-9,11H,10H2,1H3,(H,22,23). The quantitative estimate of drug-likeness (QED) is 0.539.